The summed E-state index contributed by atoms with van der Waals surface area (Å²) in [5, 5.41) is 5.80. The SMILES string of the molecule is Cc1ccc(NC(=O)c2ccc3ccc(N4CCN(C(=O)NC(C)C)CC4)n3c2)nc1. The van der Waals surface area contributed by atoms with Gasteiger partial charge in [-0.2, -0.15) is 0 Å². The second-order valence-electron chi connectivity index (χ2n) is 8.16. The molecule has 0 atom stereocenters. The van der Waals surface area contributed by atoms with Crippen LogP contribution < -0.4 is 15.5 Å². The Hall–Kier alpha value is -3.55. The van der Waals surface area contributed by atoms with Crippen LogP contribution in [0.4, 0.5) is 16.4 Å². The number of fused-ring (bicyclic) bond motifs is 1. The summed E-state index contributed by atoms with van der Waals surface area (Å²) >= 11 is 0. The summed E-state index contributed by atoms with van der Waals surface area (Å²) in [5.41, 5.74) is 2.61. The zero-order valence-corrected chi connectivity index (χ0v) is 18.1. The van der Waals surface area contributed by atoms with Gasteiger partial charge in [-0.3, -0.25) is 4.79 Å². The minimum Gasteiger partial charge on any atom is -0.354 e. The summed E-state index contributed by atoms with van der Waals surface area (Å²) in [5.74, 6) is 1.34. The molecule has 3 aromatic rings. The number of carbonyl (C=O) groups is 2. The Balaban J connectivity index is 1.48. The van der Waals surface area contributed by atoms with Crippen LogP contribution in [-0.2, 0) is 0 Å². The van der Waals surface area contributed by atoms with Crippen molar-refractivity contribution in [2.24, 2.45) is 0 Å². The molecular formula is C23H28N6O2. The molecule has 3 amide bonds. The maximum atomic E-state index is 12.7. The van der Waals surface area contributed by atoms with Gasteiger partial charge in [0.05, 0.1) is 5.56 Å². The number of anilines is 2. The van der Waals surface area contributed by atoms with Crippen molar-refractivity contribution in [2.45, 2.75) is 26.8 Å². The molecule has 0 aliphatic carbocycles. The first-order chi connectivity index (χ1) is 14.9. The highest BCUT2D eigenvalue weighted by Gasteiger charge is 2.23. The molecule has 0 aromatic carbocycles. The van der Waals surface area contributed by atoms with Gasteiger partial charge in [0, 0.05) is 50.1 Å². The number of piperazine rings is 1. The van der Waals surface area contributed by atoms with E-state index in [4.69, 9.17) is 0 Å². The number of pyridine rings is 2. The maximum Gasteiger partial charge on any atom is 0.317 e. The van der Waals surface area contributed by atoms with Crippen molar-refractivity contribution in [2.75, 3.05) is 36.4 Å². The van der Waals surface area contributed by atoms with Gasteiger partial charge in [0.25, 0.3) is 5.91 Å². The van der Waals surface area contributed by atoms with Gasteiger partial charge in [0.15, 0.2) is 0 Å². The quantitative estimate of drug-likeness (QED) is 0.679. The number of hydrogen-bond acceptors (Lipinski definition) is 4. The van der Waals surface area contributed by atoms with Gasteiger partial charge in [0.1, 0.15) is 11.6 Å². The third-order valence-corrected chi connectivity index (χ3v) is 5.35. The lowest BCUT2D eigenvalue weighted by Gasteiger charge is -2.36. The lowest BCUT2D eigenvalue weighted by Crippen LogP contribution is -2.53. The molecule has 2 N–H and O–H groups in total. The van der Waals surface area contributed by atoms with Crippen molar-refractivity contribution in [1.82, 2.24) is 19.6 Å². The number of nitrogens with one attached hydrogen (secondary N) is 2. The van der Waals surface area contributed by atoms with Crippen molar-refractivity contribution in [3.8, 4) is 0 Å². The number of carbonyl (C=O) groups excluding carboxylic acids is 2. The summed E-state index contributed by atoms with van der Waals surface area (Å²) in [6, 6.07) is 11.7. The summed E-state index contributed by atoms with van der Waals surface area (Å²) in [6.45, 7) is 8.67. The average Bonchev–Trinajstić information content (AvgIpc) is 3.18. The Kier molecular flexibility index (Phi) is 5.79. The Morgan fingerprint density at radius 1 is 1.00 bits per heavy atom. The van der Waals surface area contributed by atoms with Crippen LogP contribution in [0, 0.1) is 6.92 Å². The fourth-order valence-corrected chi connectivity index (χ4v) is 3.69. The lowest BCUT2D eigenvalue weighted by molar-refractivity contribution is 0.102. The van der Waals surface area contributed by atoms with Crippen LogP contribution in [0.3, 0.4) is 0 Å². The van der Waals surface area contributed by atoms with E-state index in [1.807, 2.05) is 60.5 Å². The first kappa shape index (κ1) is 20.7. The number of hydrogen-bond donors (Lipinski definition) is 2. The number of nitrogens with zero attached hydrogens (tertiary/aromatic N) is 4. The Morgan fingerprint density at radius 3 is 2.42 bits per heavy atom. The molecule has 3 aromatic heterocycles. The highest BCUT2D eigenvalue weighted by atomic mass is 16.2. The molecule has 4 heterocycles. The predicted molar refractivity (Wildman–Crippen MR) is 122 cm³/mol. The van der Waals surface area contributed by atoms with E-state index in [9.17, 15) is 9.59 Å². The van der Waals surface area contributed by atoms with Crippen molar-refractivity contribution in [1.29, 1.82) is 0 Å². The second kappa shape index (κ2) is 8.67. The fraction of sp³-hybridized carbons (Fsp3) is 0.348. The molecule has 8 nitrogen and oxygen atoms in total. The normalized spacial score (nSPS) is 14.2. The van der Waals surface area contributed by atoms with Crippen LogP contribution in [0.5, 0.6) is 0 Å². The van der Waals surface area contributed by atoms with Crippen molar-refractivity contribution in [3.05, 3.63) is 59.9 Å². The van der Waals surface area contributed by atoms with Crippen LogP contribution in [0.25, 0.3) is 5.52 Å². The van der Waals surface area contributed by atoms with Gasteiger partial charge in [-0.25, -0.2) is 9.78 Å². The molecule has 1 fully saturated rings. The molecule has 0 spiro atoms. The van der Waals surface area contributed by atoms with E-state index in [2.05, 4.69) is 26.6 Å². The van der Waals surface area contributed by atoms with E-state index in [1.165, 1.54) is 0 Å². The highest BCUT2D eigenvalue weighted by Crippen LogP contribution is 2.22. The van der Waals surface area contributed by atoms with E-state index < -0.39 is 0 Å². The van der Waals surface area contributed by atoms with Crippen LogP contribution in [0.1, 0.15) is 29.8 Å². The largest absolute Gasteiger partial charge is 0.354 e. The number of urea groups is 1. The third kappa shape index (κ3) is 4.63. The molecule has 1 aliphatic heterocycles. The van der Waals surface area contributed by atoms with E-state index >= 15 is 0 Å². The fourth-order valence-electron chi connectivity index (χ4n) is 3.69. The Morgan fingerprint density at radius 2 is 1.74 bits per heavy atom. The lowest BCUT2D eigenvalue weighted by atomic mass is 10.2. The van der Waals surface area contributed by atoms with Gasteiger partial charge in [-0.05, 0) is 56.7 Å². The van der Waals surface area contributed by atoms with Crippen LogP contribution in [-0.4, -0.2) is 58.4 Å². The average molecular weight is 421 g/mol. The van der Waals surface area contributed by atoms with Crippen LogP contribution >= 0.6 is 0 Å². The Labute approximate surface area is 181 Å². The molecule has 4 rings (SSSR count). The molecule has 0 bridgehead atoms. The molecule has 162 valence electrons. The van der Waals surface area contributed by atoms with E-state index in [0.717, 1.165) is 30.0 Å². The molecule has 1 saturated heterocycles. The minimum absolute atomic E-state index is 0.0154. The molecule has 0 saturated carbocycles. The van der Waals surface area contributed by atoms with E-state index in [-0.39, 0.29) is 18.0 Å². The highest BCUT2D eigenvalue weighted by molar-refractivity contribution is 6.03. The topological polar surface area (TPSA) is 82.0 Å². The van der Waals surface area contributed by atoms with E-state index in [0.29, 0.717) is 24.5 Å². The standard InChI is InChI=1S/C23H28N6O2/c1-16(2)25-23(31)28-12-10-27(11-13-28)21-9-7-19-6-5-18(15-29(19)21)22(30)26-20-8-4-17(3)14-24-20/h4-9,14-16H,10-13H2,1-3H3,(H,25,31)(H,24,26,30). The Bertz CT molecular complexity index is 1080. The van der Waals surface area contributed by atoms with Crippen LogP contribution in [0.2, 0.25) is 0 Å². The molecule has 31 heavy (non-hydrogen) atoms. The molecule has 0 radical (unpaired) electrons. The number of amides is 3. The van der Waals surface area contributed by atoms with Gasteiger partial charge >= 0.3 is 6.03 Å². The zero-order valence-electron chi connectivity index (χ0n) is 18.1. The third-order valence-electron chi connectivity index (χ3n) is 5.35. The summed E-state index contributed by atoms with van der Waals surface area (Å²) < 4.78 is 2.03. The number of rotatable bonds is 4. The monoisotopic (exact) mass is 420 g/mol. The second-order valence-corrected chi connectivity index (χ2v) is 8.16. The van der Waals surface area contributed by atoms with Gasteiger partial charge in [0.2, 0.25) is 0 Å². The molecular weight excluding hydrogens is 392 g/mol. The van der Waals surface area contributed by atoms with E-state index in [1.54, 1.807) is 12.3 Å². The van der Waals surface area contributed by atoms with Crippen molar-refractivity contribution >= 4 is 29.1 Å². The van der Waals surface area contributed by atoms with Crippen molar-refractivity contribution in [3.63, 3.8) is 0 Å². The van der Waals surface area contributed by atoms with Crippen LogP contribution in [0.15, 0.2) is 48.8 Å². The first-order valence-electron chi connectivity index (χ1n) is 10.6. The summed E-state index contributed by atoms with van der Waals surface area (Å²) in [4.78, 5) is 33.3. The summed E-state index contributed by atoms with van der Waals surface area (Å²) in [7, 11) is 0. The smallest absolute Gasteiger partial charge is 0.317 e. The molecule has 8 heteroatoms. The first-order valence-corrected chi connectivity index (χ1v) is 10.6. The maximum absolute atomic E-state index is 12.7. The molecule has 1 aliphatic rings. The van der Waals surface area contributed by atoms with Gasteiger partial charge in [-0.15, -0.1) is 0 Å². The number of aromatic nitrogens is 2. The van der Waals surface area contributed by atoms with Gasteiger partial charge in [-0.1, -0.05) is 6.07 Å². The zero-order chi connectivity index (χ0) is 22.0. The summed E-state index contributed by atoms with van der Waals surface area (Å²) in [6.07, 6.45) is 3.58. The van der Waals surface area contributed by atoms with Crippen molar-refractivity contribution < 1.29 is 9.59 Å². The predicted octanol–water partition coefficient (Wildman–Crippen LogP) is 3.14. The van der Waals surface area contributed by atoms with Gasteiger partial charge < -0.3 is 24.8 Å². The number of aryl methyl sites for hydroxylation is 1. The minimum atomic E-state index is -0.201. The molecule has 0 unspecified atom stereocenters.